The average molecular weight is 521 g/mol. The zero-order valence-electron chi connectivity index (χ0n) is 23.2. The molecule has 0 heteroatoms. The van der Waals surface area contributed by atoms with Gasteiger partial charge in [-0.2, -0.15) is 0 Å². The van der Waals surface area contributed by atoms with Crippen LogP contribution in [0.5, 0.6) is 0 Å². The number of hydrogen-bond donors (Lipinski definition) is 0. The first-order valence-corrected chi connectivity index (χ1v) is 14.5. The molecule has 0 saturated carbocycles. The molecule has 0 amide bonds. The minimum atomic E-state index is -0.107. The van der Waals surface area contributed by atoms with E-state index >= 15 is 0 Å². The van der Waals surface area contributed by atoms with Gasteiger partial charge < -0.3 is 0 Å². The smallest absolute Gasteiger partial charge is 0.0159 e. The molecule has 0 radical (unpaired) electrons. The molecule has 0 aromatic heterocycles. The van der Waals surface area contributed by atoms with Crippen molar-refractivity contribution in [1.29, 1.82) is 0 Å². The van der Waals surface area contributed by atoms with Gasteiger partial charge in [-0.25, -0.2) is 0 Å². The Bertz CT molecular complexity index is 2250. The molecule has 0 nitrogen and oxygen atoms in total. The second-order valence-electron chi connectivity index (χ2n) is 12.2. The van der Waals surface area contributed by atoms with Gasteiger partial charge in [-0.3, -0.25) is 0 Å². The van der Waals surface area contributed by atoms with E-state index in [9.17, 15) is 0 Å². The Morgan fingerprint density at radius 1 is 0.390 bits per heavy atom. The van der Waals surface area contributed by atoms with E-state index in [2.05, 4.69) is 147 Å². The van der Waals surface area contributed by atoms with Crippen molar-refractivity contribution in [2.24, 2.45) is 0 Å². The van der Waals surface area contributed by atoms with Crippen LogP contribution in [0.1, 0.15) is 25.0 Å². The summed E-state index contributed by atoms with van der Waals surface area (Å²) in [6.45, 7) is 4.79. The summed E-state index contributed by atoms with van der Waals surface area (Å²) >= 11 is 0. The summed E-state index contributed by atoms with van der Waals surface area (Å²) in [4.78, 5) is 0. The normalized spacial score (nSPS) is 13.8. The fraction of sp³-hybridized carbons (Fsp3) is 0.0732. The van der Waals surface area contributed by atoms with Gasteiger partial charge in [0.15, 0.2) is 0 Å². The Morgan fingerprint density at radius 3 is 1.78 bits per heavy atom. The Labute approximate surface area is 239 Å². The second kappa shape index (κ2) is 8.05. The predicted molar refractivity (Wildman–Crippen MR) is 176 cm³/mol. The van der Waals surface area contributed by atoms with Crippen molar-refractivity contribution >= 4 is 43.1 Å². The van der Waals surface area contributed by atoms with Gasteiger partial charge in [-0.1, -0.05) is 123 Å². The maximum atomic E-state index is 2.46. The Kier molecular flexibility index (Phi) is 4.49. The molecule has 0 fully saturated rings. The van der Waals surface area contributed by atoms with E-state index in [1.54, 1.807) is 0 Å². The van der Waals surface area contributed by atoms with Crippen LogP contribution in [-0.4, -0.2) is 0 Å². The van der Waals surface area contributed by atoms with Crippen LogP contribution in [-0.2, 0) is 5.41 Å². The molecule has 0 saturated heterocycles. The molecular formula is C41H28. The molecule has 0 heterocycles. The molecule has 9 rings (SSSR count). The number of hydrogen-bond acceptors (Lipinski definition) is 0. The highest BCUT2D eigenvalue weighted by Gasteiger charge is 2.38. The summed E-state index contributed by atoms with van der Waals surface area (Å²) in [6.07, 6.45) is 0. The highest BCUT2D eigenvalue weighted by Crippen LogP contribution is 2.55. The van der Waals surface area contributed by atoms with E-state index in [1.165, 1.54) is 87.6 Å². The third kappa shape index (κ3) is 3.11. The lowest BCUT2D eigenvalue weighted by atomic mass is 9.80. The van der Waals surface area contributed by atoms with Crippen LogP contribution in [0.3, 0.4) is 0 Å². The first kappa shape index (κ1) is 22.8. The molecule has 0 unspecified atom stereocenters. The quantitative estimate of drug-likeness (QED) is 0.199. The van der Waals surface area contributed by atoms with Crippen LogP contribution in [0, 0.1) is 0 Å². The van der Waals surface area contributed by atoms with Crippen molar-refractivity contribution in [2.45, 2.75) is 19.3 Å². The topological polar surface area (TPSA) is 0 Å². The van der Waals surface area contributed by atoms with E-state index in [0.29, 0.717) is 0 Å². The van der Waals surface area contributed by atoms with Gasteiger partial charge in [0, 0.05) is 5.41 Å². The molecule has 0 bridgehead atoms. The molecule has 8 aromatic rings. The van der Waals surface area contributed by atoms with Gasteiger partial charge in [0.2, 0.25) is 0 Å². The van der Waals surface area contributed by atoms with Crippen LogP contribution in [0.15, 0.2) is 133 Å². The fourth-order valence-electron chi connectivity index (χ4n) is 7.55. The number of fused-ring (bicyclic) bond motifs is 4. The third-order valence-electron chi connectivity index (χ3n) is 9.54. The summed E-state index contributed by atoms with van der Waals surface area (Å²) in [7, 11) is 0. The first-order chi connectivity index (χ1) is 20.1. The van der Waals surface area contributed by atoms with E-state index in [4.69, 9.17) is 0 Å². The fourth-order valence-corrected chi connectivity index (χ4v) is 7.55. The van der Waals surface area contributed by atoms with Gasteiger partial charge in [-0.15, -0.1) is 0 Å². The first-order valence-electron chi connectivity index (χ1n) is 14.5. The minimum Gasteiger partial charge on any atom is -0.0622 e. The van der Waals surface area contributed by atoms with E-state index in [1.807, 2.05) is 0 Å². The summed E-state index contributed by atoms with van der Waals surface area (Å²) in [5, 5.41) is 10.6. The maximum Gasteiger partial charge on any atom is 0.0159 e. The van der Waals surface area contributed by atoms with E-state index in [0.717, 1.165) is 0 Å². The summed E-state index contributed by atoms with van der Waals surface area (Å²) < 4.78 is 0. The molecule has 0 atom stereocenters. The average Bonchev–Trinajstić information content (AvgIpc) is 3.24. The number of rotatable bonds is 2. The highest BCUT2D eigenvalue weighted by molar-refractivity contribution is 6.23. The van der Waals surface area contributed by atoms with E-state index in [-0.39, 0.29) is 5.41 Å². The van der Waals surface area contributed by atoms with Crippen molar-refractivity contribution in [3.63, 3.8) is 0 Å². The molecular weight excluding hydrogens is 492 g/mol. The monoisotopic (exact) mass is 520 g/mol. The van der Waals surface area contributed by atoms with Crippen LogP contribution < -0.4 is 0 Å². The lowest BCUT2D eigenvalue weighted by Gasteiger charge is -2.23. The molecule has 0 N–H and O–H groups in total. The van der Waals surface area contributed by atoms with Crippen LogP contribution in [0.25, 0.3) is 76.5 Å². The van der Waals surface area contributed by atoms with Gasteiger partial charge in [0.1, 0.15) is 0 Å². The molecule has 1 aliphatic carbocycles. The summed E-state index contributed by atoms with van der Waals surface area (Å²) in [6, 6.07) is 49.9. The van der Waals surface area contributed by atoms with Gasteiger partial charge in [0.05, 0.1) is 0 Å². The highest BCUT2D eigenvalue weighted by atomic mass is 14.4. The molecule has 1 aliphatic rings. The van der Waals surface area contributed by atoms with Crippen molar-refractivity contribution < 1.29 is 0 Å². The minimum absolute atomic E-state index is 0.107. The Hall–Kier alpha value is -4.94. The molecule has 41 heavy (non-hydrogen) atoms. The zero-order valence-corrected chi connectivity index (χ0v) is 23.2. The van der Waals surface area contributed by atoms with Crippen LogP contribution in [0.2, 0.25) is 0 Å². The largest absolute Gasteiger partial charge is 0.0622 e. The van der Waals surface area contributed by atoms with Gasteiger partial charge >= 0.3 is 0 Å². The van der Waals surface area contributed by atoms with Crippen molar-refractivity contribution in [1.82, 2.24) is 0 Å². The van der Waals surface area contributed by atoms with E-state index < -0.39 is 0 Å². The predicted octanol–water partition coefficient (Wildman–Crippen LogP) is 11.4. The molecule has 0 aliphatic heterocycles. The van der Waals surface area contributed by atoms with Crippen molar-refractivity contribution in [3.8, 4) is 33.4 Å². The van der Waals surface area contributed by atoms with Crippen LogP contribution in [0.4, 0.5) is 0 Å². The molecule has 8 aromatic carbocycles. The summed E-state index contributed by atoms with van der Waals surface area (Å²) in [5.41, 5.74) is 10.6. The second-order valence-corrected chi connectivity index (χ2v) is 12.2. The molecule has 192 valence electrons. The zero-order chi connectivity index (χ0) is 27.3. The summed E-state index contributed by atoms with van der Waals surface area (Å²) in [5.74, 6) is 0. The standard InChI is InChI=1S/C41H28/c1-41(2)35-23-28(32-21-30-17-15-26-12-8-13-27-16-18-31(22-32)38(30)37(26)27)19-20-34(35)40-36(41)24-29-11-6-7-14-33(29)39(40)25-9-4-3-5-10-25/h3-24H,1-2H3. The van der Waals surface area contributed by atoms with Gasteiger partial charge in [-0.05, 0) is 112 Å². The van der Waals surface area contributed by atoms with Crippen LogP contribution >= 0.6 is 0 Å². The lowest BCUT2D eigenvalue weighted by molar-refractivity contribution is 0.661. The SMILES string of the molecule is CC1(C)c2cc(-c3cc4ccc5cccc6ccc(c3)c4c56)ccc2-c2c1cc1ccccc1c2-c1ccccc1. The lowest BCUT2D eigenvalue weighted by Crippen LogP contribution is -2.15. The third-order valence-corrected chi connectivity index (χ3v) is 9.54. The molecule has 0 spiro atoms. The Balaban J connectivity index is 1.29. The van der Waals surface area contributed by atoms with Crippen molar-refractivity contribution in [2.75, 3.05) is 0 Å². The maximum absolute atomic E-state index is 2.46. The Morgan fingerprint density at radius 2 is 1.02 bits per heavy atom. The number of benzene rings is 8. The van der Waals surface area contributed by atoms with Gasteiger partial charge in [0.25, 0.3) is 0 Å². The van der Waals surface area contributed by atoms with Crippen molar-refractivity contribution in [3.05, 3.63) is 145 Å².